The fourth-order valence-corrected chi connectivity index (χ4v) is 3.85. The molecule has 32 heavy (non-hydrogen) atoms. The second-order valence-electron chi connectivity index (χ2n) is 7.39. The fourth-order valence-electron chi connectivity index (χ4n) is 3.85. The summed E-state index contributed by atoms with van der Waals surface area (Å²) >= 11 is 0. The van der Waals surface area contributed by atoms with Crippen molar-refractivity contribution in [3.63, 3.8) is 0 Å². The molecule has 0 atom stereocenters. The molecule has 0 radical (unpaired) electrons. The minimum absolute atomic E-state index is 0.837. The molecule has 4 aromatic carbocycles. The molecule has 0 fully saturated rings. The number of fused-ring (bicyclic) bond motifs is 2. The van der Waals surface area contributed by atoms with E-state index in [0.29, 0.717) is 0 Å². The number of benzene rings is 4. The quantitative estimate of drug-likeness (QED) is 0.307. The smallest absolute Gasteiger partial charge is 0.0795 e. The molecule has 0 heterocycles. The molecular formula is C30H18N2. The van der Waals surface area contributed by atoms with Gasteiger partial charge in [-0.15, -0.1) is 12.8 Å². The summed E-state index contributed by atoms with van der Waals surface area (Å²) in [4.78, 5) is 10.0. The average molecular weight is 406 g/mol. The third-order valence-electron chi connectivity index (χ3n) is 5.42. The van der Waals surface area contributed by atoms with E-state index < -0.39 is 0 Å². The lowest BCUT2D eigenvalue weighted by Gasteiger charge is -2.23. The van der Waals surface area contributed by atoms with Crippen LogP contribution >= 0.6 is 0 Å². The molecule has 0 saturated heterocycles. The van der Waals surface area contributed by atoms with Crippen LogP contribution in [0.5, 0.6) is 0 Å². The Balaban J connectivity index is 1.70. The second kappa shape index (κ2) is 8.23. The van der Waals surface area contributed by atoms with E-state index in [-0.39, 0.29) is 0 Å². The summed E-state index contributed by atoms with van der Waals surface area (Å²) in [7, 11) is 0. The Hall–Kier alpha value is -4.66. The van der Waals surface area contributed by atoms with Crippen LogP contribution in [0.1, 0.15) is 33.4 Å². The molecular weight excluding hydrogens is 388 g/mol. The maximum absolute atomic E-state index is 5.50. The normalized spacial score (nSPS) is 11.6. The summed E-state index contributed by atoms with van der Waals surface area (Å²) in [6, 6.07) is 31.9. The second-order valence-corrected chi connectivity index (χ2v) is 7.39. The van der Waals surface area contributed by atoms with E-state index in [2.05, 4.69) is 36.1 Å². The van der Waals surface area contributed by atoms with Gasteiger partial charge in [-0.2, -0.15) is 0 Å². The molecule has 2 nitrogen and oxygen atoms in total. The van der Waals surface area contributed by atoms with Crippen molar-refractivity contribution in [2.24, 2.45) is 9.98 Å². The predicted octanol–water partition coefficient (Wildman–Crippen LogP) is 6.30. The topological polar surface area (TPSA) is 24.7 Å². The molecule has 0 N–H and O–H groups in total. The van der Waals surface area contributed by atoms with Gasteiger partial charge < -0.3 is 0 Å². The summed E-state index contributed by atoms with van der Waals surface area (Å²) in [6.45, 7) is 0. The summed E-state index contributed by atoms with van der Waals surface area (Å²) in [5, 5.41) is 0. The molecule has 0 bridgehead atoms. The highest BCUT2D eigenvalue weighted by Crippen LogP contribution is 2.31. The molecule has 4 aromatic rings. The maximum Gasteiger partial charge on any atom is 0.0795 e. The van der Waals surface area contributed by atoms with E-state index in [0.717, 1.165) is 56.2 Å². The molecule has 0 aliphatic heterocycles. The maximum atomic E-state index is 5.50. The Bertz CT molecular complexity index is 1290. The highest BCUT2D eigenvalue weighted by molar-refractivity contribution is 6.32. The summed E-state index contributed by atoms with van der Waals surface area (Å²) in [5.74, 6) is 5.30. The van der Waals surface area contributed by atoms with Crippen LogP contribution in [-0.2, 0) is 0 Å². The van der Waals surface area contributed by atoms with E-state index in [4.69, 9.17) is 22.8 Å². The summed E-state index contributed by atoms with van der Waals surface area (Å²) in [6.07, 6.45) is 11.0. The lowest BCUT2D eigenvalue weighted by Crippen LogP contribution is -2.22. The first-order valence-electron chi connectivity index (χ1n) is 10.3. The van der Waals surface area contributed by atoms with Gasteiger partial charge in [0.05, 0.1) is 22.8 Å². The Morgan fingerprint density at radius 1 is 0.438 bits per heavy atom. The van der Waals surface area contributed by atoms with Crippen molar-refractivity contribution < 1.29 is 0 Å². The Morgan fingerprint density at radius 3 is 1.03 bits per heavy atom. The van der Waals surface area contributed by atoms with Crippen molar-refractivity contribution in [2.45, 2.75) is 0 Å². The van der Waals surface area contributed by atoms with Crippen molar-refractivity contribution in [3.8, 4) is 24.7 Å². The Morgan fingerprint density at radius 2 is 0.750 bits per heavy atom. The Kier molecular flexibility index (Phi) is 4.97. The van der Waals surface area contributed by atoms with Crippen molar-refractivity contribution in [1.82, 2.24) is 0 Å². The molecule has 1 aliphatic rings. The molecule has 0 aromatic heterocycles. The van der Waals surface area contributed by atoms with E-state index in [1.807, 2.05) is 72.8 Å². The van der Waals surface area contributed by atoms with Crippen LogP contribution in [0.3, 0.4) is 0 Å². The lowest BCUT2D eigenvalue weighted by molar-refractivity contribution is 1.40. The third-order valence-corrected chi connectivity index (χ3v) is 5.42. The van der Waals surface area contributed by atoms with Gasteiger partial charge in [-0.3, -0.25) is 0 Å². The molecule has 5 rings (SSSR count). The molecule has 0 unspecified atom stereocenters. The first kappa shape index (κ1) is 19.3. The fraction of sp³-hybridized carbons (Fsp3) is 0. The molecule has 0 amide bonds. The summed E-state index contributed by atoms with van der Waals surface area (Å²) < 4.78 is 0. The SMILES string of the molecule is C#Cc1ccc(N=C2c3ccccc3C(=Nc3ccc(C#C)cc3)c3ccccc32)cc1. The van der Waals surface area contributed by atoms with Crippen molar-refractivity contribution >= 4 is 22.8 Å². The number of nitrogens with zero attached hydrogens (tertiary/aromatic N) is 2. The van der Waals surface area contributed by atoms with Crippen LogP contribution in [0.4, 0.5) is 11.4 Å². The largest absolute Gasteiger partial charge is 0.248 e. The van der Waals surface area contributed by atoms with E-state index in [1.165, 1.54) is 0 Å². The van der Waals surface area contributed by atoms with Gasteiger partial charge in [0.15, 0.2) is 0 Å². The van der Waals surface area contributed by atoms with Crippen molar-refractivity contribution in [3.05, 3.63) is 130 Å². The first-order chi connectivity index (χ1) is 15.8. The lowest BCUT2D eigenvalue weighted by atomic mass is 9.83. The molecule has 0 spiro atoms. The summed E-state index contributed by atoms with van der Waals surface area (Å²) in [5.41, 5.74) is 9.42. The zero-order chi connectivity index (χ0) is 21.9. The van der Waals surface area contributed by atoms with Crippen LogP contribution in [0.25, 0.3) is 0 Å². The van der Waals surface area contributed by atoms with Crippen LogP contribution in [-0.4, -0.2) is 11.4 Å². The molecule has 2 heteroatoms. The van der Waals surface area contributed by atoms with E-state index in [9.17, 15) is 0 Å². The van der Waals surface area contributed by atoms with Gasteiger partial charge in [-0.1, -0.05) is 60.4 Å². The monoisotopic (exact) mass is 406 g/mol. The minimum atomic E-state index is 0.837. The minimum Gasteiger partial charge on any atom is -0.248 e. The number of terminal acetylenes is 2. The predicted molar refractivity (Wildman–Crippen MR) is 132 cm³/mol. The zero-order valence-electron chi connectivity index (χ0n) is 17.3. The highest BCUT2D eigenvalue weighted by Gasteiger charge is 2.26. The van der Waals surface area contributed by atoms with Gasteiger partial charge in [0.25, 0.3) is 0 Å². The first-order valence-corrected chi connectivity index (χ1v) is 10.3. The molecule has 1 aliphatic carbocycles. The zero-order valence-corrected chi connectivity index (χ0v) is 17.3. The van der Waals surface area contributed by atoms with Crippen LogP contribution < -0.4 is 0 Å². The number of hydrogen-bond acceptors (Lipinski definition) is 2. The van der Waals surface area contributed by atoms with Gasteiger partial charge in [-0.25, -0.2) is 9.98 Å². The number of rotatable bonds is 2. The van der Waals surface area contributed by atoms with Gasteiger partial charge in [-0.05, 0) is 48.5 Å². The van der Waals surface area contributed by atoms with Gasteiger partial charge in [0.1, 0.15) is 0 Å². The number of aliphatic imine (C=N–C) groups is 2. The molecule has 148 valence electrons. The van der Waals surface area contributed by atoms with Gasteiger partial charge >= 0.3 is 0 Å². The standard InChI is InChI=1S/C30H18N2/c1-3-21-13-17-23(18-14-21)31-29-25-9-5-7-11-27(25)30(28-12-8-6-10-26(28)29)32-24-19-15-22(4-2)16-20-24/h1-2,5-20H. The highest BCUT2D eigenvalue weighted by atomic mass is 14.8. The average Bonchev–Trinajstić information content (AvgIpc) is 2.86. The van der Waals surface area contributed by atoms with E-state index in [1.54, 1.807) is 0 Å². The number of hydrogen-bond donors (Lipinski definition) is 0. The van der Waals surface area contributed by atoms with Gasteiger partial charge in [0, 0.05) is 33.4 Å². The van der Waals surface area contributed by atoms with Crippen LogP contribution in [0, 0.1) is 24.7 Å². The Labute approximate surface area is 188 Å². The van der Waals surface area contributed by atoms with Crippen molar-refractivity contribution in [2.75, 3.05) is 0 Å². The third kappa shape index (κ3) is 3.52. The van der Waals surface area contributed by atoms with Gasteiger partial charge in [0.2, 0.25) is 0 Å². The molecule has 0 saturated carbocycles. The van der Waals surface area contributed by atoms with Crippen LogP contribution in [0.15, 0.2) is 107 Å². The van der Waals surface area contributed by atoms with Crippen molar-refractivity contribution in [1.29, 1.82) is 0 Å². The van der Waals surface area contributed by atoms with Crippen LogP contribution in [0.2, 0.25) is 0 Å². The van der Waals surface area contributed by atoms with E-state index >= 15 is 0 Å².